The number of amides is 1. The van der Waals surface area contributed by atoms with Gasteiger partial charge in [-0.25, -0.2) is 0 Å². The number of hydrogen-bond donors (Lipinski definition) is 1. The Kier molecular flexibility index (Phi) is 5.40. The molecule has 0 bridgehead atoms. The van der Waals surface area contributed by atoms with Gasteiger partial charge in [-0.15, -0.1) is 0 Å². The van der Waals surface area contributed by atoms with Crippen molar-refractivity contribution in [3.05, 3.63) is 0 Å². The van der Waals surface area contributed by atoms with Gasteiger partial charge in [-0.2, -0.15) is 0 Å². The summed E-state index contributed by atoms with van der Waals surface area (Å²) in [7, 11) is 1.88. The van der Waals surface area contributed by atoms with E-state index in [4.69, 9.17) is 5.11 Å². The summed E-state index contributed by atoms with van der Waals surface area (Å²) in [5.74, 6) is 1.39. The van der Waals surface area contributed by atoms with Gasteiger partial charge in [-0.05, 0) is 32.2 Å². The van der Waals surface area contributed by atoms with Crippen LogP contribution in [-0.2, 0) is 4.79 Å². The van der Waals surface area contributed by atoms with Crippen LogP contribution in [-0.4, -0.2) is 60.1 Å². The number of carbonyl (C=O) groups excluding carboxylic acids is 1. The molecular weight excluding hydrogens is 216 g/mol. The maximum absolute atomic E-state index is 12.1. The van der Waals surface area contributed by atoms with Gasteiger partial charge in [-0.3, -0.25) is 9.69 Å². The van der Waals surface area contributed by atoms with Crippen LogP contribution in [0.4, 0.5) is 0 Å². The largest absolute Gasteiger partial charge is 0.395 e. The molecule has 1 rings (SSSR count). The molecular formula is C13H26N2O2. The SMILES string of the molecule is CC1CC(C)CN(C(=O)CN(C)C(C)CO)C1. The van der Waals surface area contributed by atoms with Crippen molar-refractivity contribution >= 4 is 5.91 Å². The first-order valence-electron chi connectivity index (χ1n) is 6.52. The molecule has 17 heavy (non-hydrogen) atoms. The van der Waals surface area contributed by atoms with Gasteiger partial charge in [0.05, 0.1) is 13.2 Å². The van der Waals surface area contributed by atoms with E-state index >= 15 is 0 Å². The smallest absolute Gasteiger partial charge is 0.236 e. The lowest BCUT2D eigenvalue weighted by atomic mass is 9.92. The molecule has 100 valence electrons. The summed E-state index contributed by atoms with van der Waals surface area (Å²) in [5, 5.41) is 9.05. The van der Waals surface area contributed by atoms with Crippen LogP contribution in [0.15, 0.2) is 0 Å². The fourth-order valence-electron chi connectivity index (χ4n) is 2.48. The average molecular weight is 242 g/mol. The lowest BCUT2D eigenvalue weighted by Gasteiger charge is -2.36. The van der Waals surface area contributed by atoms with Crippen molar-refractivity contribution in [3.63, 3.8) is 0 Å². The van der Waals surface area contributed by atoms with Gasteiger partial charge >= 0.3 is 0 Å². The molecule has 3 atom stereocenters. The number of aliphatic hydroxyl groups excluding tert-OH is 1. The highest BCUT2D eigenvalue weighted by Crippen LogP contribution is 2.21. The molecule has 0 aromatic carbocycles. The van der Waals surface area contributed by atoms with E-state index in [9.17, 15) is 4.79 Å². The van der Waals surface area contributed by atoms with E-state index in [-0.39, 0.29) is 18.6 Å². The highest BCUT2D eigenvalue weighted by atomic mass is 16.3. The molecule has 1 saturated heterocycles. The Morgan fingerprint density at radius 2 is 1.94 bits per heavy atom. The molecule has 0 aromatic heterocycles. The van der Waals surface area contributed by atoms with Crippen molar-refractivity contribution in [2.75, 3.05) is 33.3 Å². The van der Waals surface area contributed by atoms with Gasteiger partial charge in [0.1, 0.15) is 0 Å². The first-order chi connectivity index (χ1) is 7.93. The van der Waals surface area contributed by atoms with E-state index in [0.29, 0.717) is 18.4 Å². The zero-order valence-electron chi connectivity index (χ0n) is 11.5. The maximum atomic E-state index is 12.1. The Morgan fingerprint density at radius 1 is 1.41 bits per heavy atom. The summed E-state index contributed by atoms with van der Waals surface area (Å²) in [4.78, 5) is 16.0. The Hall–Kier alpha value is -0.610. The molecule has 1 aliphatic heterocycles. The van der Waals surface area contributed by atoms with Crippen molar-refractivity contribution < 1.29 is 9.90 Å². The molecule has 0 aromatic rings. The van der Waals surface area contributed by atoms with Crippen molar-refractivity contribution in [2.24, 2.45) is 11.8 Å². The zero-order chi connectivity index (χ0) is 13.0. The lowest BCUT2D eigenvalue weighted by molar-refractivity contribution is -0.135. The summed E-state index contributed by atoms with van der Waals surface area (Å²) in [6, 6.07) is 0.0404. The van der Waals surface area contributed by atoms with E-state index < -0.39 is 0 Å². The second kappa shape index (κ2) is 6.36. The van der Waals surface area contributed by atoms with Crippen LogP contribution in [0, 0.1) is 11.8 Å². The standard InChI is InChI=1S/C13H26N2O2/c1-10-5-11(2)7-15(6-10)13(17)8-14(4)12(3)9-16/h10-12,16H,5-9H2,1-4H3. The van der Waals surface area contributed by atoms with Crippen molar-refractivity contribution in [1.29, 1.82) is 0 Å². The number of rotatable bonds is 4. The summed E-state index contributed by atoms with van der Waals surface area (Å²) in [6.45, 7) is 8.59. The van der Waals surface area contributed by atoms with Crippen LogP contribution in [0.5, 0.6) is 0 Å². The third kappa shape index (κ3) is 4.28. The van der Waals surface area contributed by atoms with E-state index in [2.05, 4.69) is 13.8 Å². The lowest BCUT2D eigenvalue weighted by Crippen LogP contribution is -2.48. The van der Waals surface area contributed by atoms with Crippen LogP contribution in [0.3, 0.4) is 0 Å². The number of likely N-dealkylation sites (N-methyl/N-ethyl adjacent to an activating group) is 1. The molecule has 3 unspecified atom stereocenters. The molecule has 1 heterocycles. The van der Waals surface area contributed by atoms with E-state index in [0.717, 1.165) is 13.1 Å². The number of hydrogen-bond acceptors (Lipinski definition) is 3. The predicted octanol–water partition coefficient (Wildman–Crippen LogP) is 0.803. The molecule has 1 N–H and O–H groups in total. The molecule has 1 amide bonds. The van der Waals surface area contributed by atoms with Gasteiger partial charge in [-0.1, -0.05) is 13.8 Å². The molecule has 4 heteroatoms. The van der Waals surface area contributed by atoms with Gasteiger partial charge in [0.2, 0.25) is 5.91 Å². The normalized spacial score (nSPS) is 27.3. The highest BCUT2D eigenvalue weighted by molar-refractivity contribution is 5.78. The predicted molar refractivity (Wildman–Crippen MR) is 68.7 cm³/mol. The highest BCUT2D eigenvalue weighted by Gasteiger charge is 2.26. The van der Waals surface area contributed by atoms with Gasteiger partial charge in [0.25, 0.3) is 0 Å². The van der Waals surface area contributed by atoms with Crippen LogP contribution in [0.1, 0.15) is 27.2 Å². The molecule has 4 nitrogen and oxygen atoms in total. The topological polar surface area (TPSA) is 43.8 Å². The van der Waals surface area contributed by atoms with E-state index in [1.54, 1.807) is 0 Å². The fourth-order valence-corrected chi connectivity index (χ4v) is 2.48. The van der Waals surface area contributed by atoms with Crippen molar-refractivity contribution in [2.45, 2.75) is 33.2 Å². The Morgan fingerprint density at radius 3 is 2.41 bits per heavy atom. The van der Waals surface area contributed by atoms with Crippen molar-refractivity contribution in [3.8, 4) is 0 Å². The zero-order valence-corrected chi connectivity index (χ0v) is 11.5. The summed E-state index contributed by atoms with van der Waals surface area (Å²) in [6.07, 6.45) is 1.21. The molecule has 1 aliphatic rings. The number of piperidine rings is 1. The maximum Gasteiger partial charge on any atom is 0.236 e. The summed E-state index contributed by atoms with van der Waals surface area (Å²) >= 11 is 0. The quantitative estimate of drug-likeness (QED) is 0.793. The molecule has 0 saturated carbocycles. The molecule has 1 fully saturated rings. The number of likely N-dealkylation sites (tertiary alicyclic amines) is 1. The van der Waals surface area contributed by atoms with Crippen molar-refractivity contribution in [1.82, 2.24) is 9.80 Å². The van der Waals surface area contributed by atoms with E-state index in [1.165, 1.54) is 6.42 Å². The molecule has 0 aliphatic carbocycles. The minimum absolute atomic E-state index is 0.0404. The van der Waals surface area contributed by atoms with Crippen LogP contribution < -0.4 is 0 Å². The monoisotopic (exact) mass is 242 g/mol. The fraction of sp³-hybridized carbons (Fsp3) is 0.923. The van der Waals surface area contributed by atoms with Crippen LogP contribution >= 0.6 is 0 Å². The van der Waals surface area contributed by atoms with Gasteiger partial charge in [0.15, 0.2) is 0 Å². The number of carbonyl (C=O) groups is 1. The van der Waals surface area contributed by atoms with Gasteiger partial charge < -0.3 is 10.0 Å². The minimum atomic E-state index is 0.0404. The third-order valence-electron chi connectivity index (χ3n) is 3.62. The summed E-state index contributed by atoms with van der Waals surface area (Å²) in [5.41, 5.74) is 0. The number of aliphatic hydroxyl groups is 1. The van der Waals surface area contributed by atoms with Gasteiger partial charge in [0, 0.05) is 19.1 Å². The first kappa shape index (κ1) is 14.5. The number of nitrogens with zero attached hydrogens (tertiary/aromatic N) is 2. The Labute approximate surface area is 105 Å². The first-order valence-corrected chi connectivity index (χ1v) is 6.52. The molecule has 0 spiro atoms. The van der Waals surface area contributed by atoms with Crippen LogP contribution in [0.2, 0.25) is 0 Å². The molecule has 0 radical (unpaired) electrons. The average Bonchev–Trinajstić information content (AvgIpc) is 2.26. The minimum Gasteiger partial charge on any atom is -0.395 e. The summed E-state index contributed by atoms with van der Waals surface area (Å²) < 4.78 is 0. The van der Waals surface area contributed by atoms with Crippen LogP contribution in [0.25, 0.3) is 0 Å². The van der Waals surface area contributed by atoms with E-state index in [1.807, 2.05) is 23.8 Å². The Balaban J connectivity index is 2.46. The second-order valence-corrected chi connectivity index (χ2v) is 5.69. The Bertz CT molecular complexity index is 248. The second-order valence-electron chi connectivity index (χ2n) is 5.69. The third-order valence-corrected chi connectivity index (χ3v) is 3.62.